The molecule has 1 saturated heterocycles. The van der Waals surface area contributed by atoms with Gasteiger partial charge < -0.3 is 9.80 Å². The van der Waals surface area contributed by atoms with Gasteiger partial charge in [-0.25, -0.2) is 24.0 Å². The topological polar surface area (TPSA) is 80.0 Å². The Kier molecular flexibility index (Phi) is 5.75. The van der Waals surface area contributed by atoms with E-state index in [2.05, 4.69) is 25.0 Å². The van der Waals surface area contributed by atoms with Crippen molar-refractivity contribution in [2.24, 2.45) is 0 Å². The third-order valence-electron chi connectivity index (χ3n) is 5.54. The Morgan fingerprint density at radius 2 is 1.61 bits per heavy atom. The van der Waals surface area contributed by atoms with Gasteiger partial charge in [-0.15, -0.1) is 5.10 Å². The van der Waals surface area contributed by atoms with Gasteiger partial charge in [-0.05, 0) is 18.2 Å². The van der Waals surface area contributed by atoms with E-state index in [1.807, 2.05) is 35.2 Å². The Labute approximate surface area is 190 Å². The molecule has 9 heteroatoms. The number of anilines is 1. The number of halogens is 1. The molecule has 8 nitrogen and oxygen atoms in total. The van der Waals surface area contributed by atoms with Gasteiger partial charge in [0.15, 0.2) is 11.6 Å². The molecule has 3 heterocycles. The van der Waals surface area contributed by atoms with Crippen LogP contribution in [-0.4, -0.2) is 61.7 Å². The lowest BCUT2D eigenvalue weighted by Crippen LogP contribution is -2.50. The number of nitrogens with zero attached hydrogens (tertiary/aromatic N) is 7. The lowest BCUT2D eigenvalue weighted by Gasteiger charge is -2.34. The van der Waals surface area contributed by atoms with Gasteiger partial charge in [-0.1, -0.05) is 42.5 Å². The minimum atomic E-state index is -0.360. The molecule has 1 amide bonds. The number of hydrogen-bond donors (Lipinski definition) is 0. The van der Waals surface area contributed by atoms with Crippen LogP contribution in [0.5, 0.6) is 0 Å². The highest BCUT2D eigenvalue weighted by atomic mass is 19.1. The fraction of sp³-hybridized carbons (Fsp3) is 0.208. The van der Waals surface area contributed by atoms with Gasteiger partial charge in [-0.3, -0.25) is 4.79 Å². The van der Waals surface area contributed by atoms with E-state index in [4.69, 9.17) is 0 Å². The molecule has 2 aromatic heterocycles. The molecule has 1 fully saturated rings. The summed E-state index contributed by atoms with van der Waals surface area (Å²) in [7, 11) is 0. The zero-order valence-electron chi connectivity index (χ0n) is 17.9. The van der Waals surface area contributed by atoms with Gasteiger partial charge in [0.05, 0.1) is 0 Å². The standard InChI is InChI=1S/C24H22FN7O/c25-20-9-4-8-19(16-20)22-28-23(18-6-2-1-3-7-18)32(29-22)17-21(33)30-12-14-31(15-13-30)24-26-10-5-11-27-24/h1-11,16H,12-15,17H2. The lowest BCUT2D eigenvalue weighted by atomic mass is 10.2. The molecule has 0 aliphatic carbocycles. The van der Waals surface area contributed by atoms with Crippen molar-refractivity contribution in [1.29, 1.82) is 0 Å². The maximum atomic E-state index is 13.8. The van der Waals surface area contributed by atoms with Crippen LogP contribution >= 0.6 is 0 Å². The second kappa shape index (κ2) is 9.15. The van der Waals surface area contributed by atoms with Crippen LogP contribution in [0.25, 0.3) is 22.8 Å². The van der Waals surface area contributed by atoms with Gasteiger partial charge >= 0.3 is 0 Å². The van der Waals surface area contributed by atoms with Crippen LogP contribution in [0.4, 0.5) is 10.3 Å². The summed E-state index contributed by atoms with van der Waals surface area (Å²) < 4.78 is 15.4. The van der Waals surface area contributed by atoms with Crippen LogP contribution in [0.1, 0.15) is 0 Å². The summed E-state index contributed by atoms with van der Waals surface area (Å²) in [6, 6.07) is 17.5. The van der Waals surface area contributed by atoms with Crippen LogP contribution in [0.2, 0.25) is 0 Å². The number of rotatable bonds is 5. The molecule has 0 unspecified atom stereocenters. The highest BCUT2D eigenvalue weighted by molar-refractivity contribution is 5.77. The highest BCUT2D eigenvalue weighted by Gasteiger charge is 2.24. The Morgan fingerprint density at radius 1 is 0.879 bits per heavy atom. The Balaban J connectivity index is 1.35. The predicted molar refractivity (Wildman–Crippen MR) is 122 cm³/mol. The fourth-order valence-corrected chi connectivity index (χ4v) is 3.84. The van der Waals surface area contributed by atoms with Crippen LogP contribution < -0.4 is 4.90 Å². The first-order chi connectivity index (χ1) is 16.2. The largest absolute Gasteiger partial charge is 0.338 e. The molecule has 1 aliphatic heterocycles. The van der Waals surface area contributed by atoms with Crippen molar-refractivity contribution in [1.82, 2.24) is 29.6 Å². The quantitative estimate of drug-likeness (QED) is 0.472. The molecule has 1 aliphatic rings. The zero-order valence-corrected chi connectivity index (χ0v) is 17.9. The summed E-state index contributed by atoms with van der Waals surface area (Å²) in [6.45, 7) is 2.52. The van der Waals surface area contributed by atoms with E-state index >= 15 is 0 Å². The van der Waals surface area contributed by atoms with Crippen LogP contribution in [0, 0.1) is 5.82 Å². The van der Waals surface area contributed by atoms with E-state index in [9.17, 15) is 9.18 Å². The molecular weight excluding hydrogens is 421 g/mol. The Hall–Kier alpha value is -4.14. The van der Waals surface area contributed by atoms with E-state index in [1.54, 1.807) is 35.3 Å². The molecule has 0 spiro atoms. The summed E-state index contributed by atoms with van der Waals surface area (Å²) in [5.74, 6) is 1.22. The van der Waals surface area contributed by atoms with Gasteiger partial charge in [0.1, 0.15) is 12.4 Å². The molecule has 5 rings (SSSR count). The summed E-state index contributed by atoms with van der Waals surface area (Å²) in [6.07, 6.45) is 3.43. The first kappa shape index (κ1) is 20.7. The number of carbonyl (C=O) groups is 1. The van der Waals surface area contributed by atoms with Gasteiger partial charge in [0.2, 0.25) is 11.9 Å². The van der Waals surface area contributed by atoms with Crippen molar-refractivity contribution in [2.45, 2.75) is 6.54 Å². The predicted octanol–water partition coefficient (Wildman–Crippen LogP) is 2.89. The van der Waals surface area contributed by atoms with Gasteiger partial charge in [-0.2, -0.15) is 0 Å². The number of amides is 1. The van der Waals surface area contributed by atoms with Crippen molar-refractivity contribution in [2.75, 3.05) is 31.1 Å². The molecule has 0 atom stereocenters. The van der Waals surface area contributed by atoms with Crippen molar-refractivity contribution in [3.63, 3.8) is 0 Å². The number of aromatic nitrogens is 5. The molecule has 2 aromatic carbocycles. The molecular formula is C24H22FN7O. The average Bonchev–Trinajstić information content (AvgIpc) is 3.29. The average molecular weight is 443 g/mol. The third kappa shape index (κ3) is 4.57. The zero-order chi connectivity index (χ0) is 22.6. The highest BCUT2D eigenvalue weighted by Crippen LogP contribution is 2.23. The number of carbonyl (C=O) groups excluding carboxylic acids is 1. The molecule has 0 bridgehead atoms. The minimum Gasteiger partial charge on any atom is -0.338 e. The summed E-state index contributed by atoms with van der Waals surface area (Å²) in [5.41, 5.74) is 1.40. The molecule has 4 aromatic rings. The van der Waals surface area contributed by atoms with Crippen LogP contribution in [0.15, 0.2) is 73.1 Å². The smallest absolute Gasteiger partial charge is 0.244 e. The maximum absolute atomic E-state index is 13.8. The van der Waals surface area contributed by atoms with E-state index in [0.29, 0.717) is 49.3 Å². The normalized spacial score (nSPS) is 13.8. The molecule has 0 N–H and O–H groups in total. The molecule has 0 saturated carbocycles. The minimum absolute atomic E-state index is 0.0449. The van der Waals surface area contributed by atoms with Crippen molar-refractivity contribution >= 4 is 11.9 Å². The Bertz CT molecular complexity index is 1240. The van der Waals surface area contributed by atoms with Gasteiger partial charge in [0, 0.05) is 49.7 Å². The van der Waals surface area contributed by atoms with E-state index in [-0.39, 0.29) is 18.3 Å². The second-order valence-corrected chi connectivity index (χ2v) is 7.71. The number of piperazine rings is 1. The first-order valence-corrected chi connectivity index (χ1v) is 10.7. The van der Waals surface area contributed by atoms with Gasteiger partial charge in [0.25, 0.3) is 0 Å². The summed E-state index contributed by atoms with van der Waals surface area (Å²) >= 11 is 0. The number of hydrogen-bond acceptors (Lipinski definition) is 6. The summed E-state index contributed by atoms with van der Waals surface area (Å²) in [5, 5.41) is 4.56. The van der Waals surface area contributed by atoms with Crippen molar-refractivity contribution in [3.05, 3.63) is 78.9 Å². The van der Waals surface area contributed by atoms with Crippen LogP contribution in [0.3, 0.4) is 0 Å². The van der Waals surface area contributed by atoms with Crippen molar-refractivity contribution in [3.8, 4) is 22.8 Å². The monoisotopic (exact) mass is 443 g/mol. The molecule has 0 radical (unpaired) electrons. The SMILES string of the molecule is O=C(Cn1nc(-c2cccc(F)c2)nc1-c1ccccc1)N1CCN(c2ncccn2)CC1. The third-order valence-corrected chi connectivity index (χ3v) is 5.54. The van der Waals surface area contributed by atoms with E-state index < -0.39 is 0 Å². The summed E-state index contributed by atoms with van der Waals surface area (Å²) in [4.78, 5) is 30.2. The molecule has 166 valence electrons. The lowest BCUT2D eigenvalue weighted by molar-refractivity contribution is -0.132. The fourth-order valence-electron chi connectivity index (χ4n) is 3.84. The number of benzene rings is 2. The maximum Gasteiger partial charge on any atom is 0.244 e. The second-order valence-electron chi connectivity index (χ2n) is 7.71. The first-order valence-electron chi connectivity index (χ1n) is 10.7. The Morgan fingerprint density at radius 3 is 2.33 bits per heavy atom. The van der Waals surface area contributed by atoms with E-state index in [0.717, 1.165) is 5.56 Å². The molecule has 33 heavy (non-hydrogen) atoms. The van der Waals surface area contributed by atoms with Crippen LogP contribution in [-0.2, 0) is 11.3 Å². The van der Waals surface area contributed by atoms with Crippen molar-refractivity contribution < 1.29 is 9.18 Å². The van der Waals surface area contributed by atoms with E-state index in [1.165, 1.54) is 12.1 Å².